The van der Waals surface area contributed by atoms with Crippen LogP contribution in [0.2, 0.25) is 0 Å². The van der Waals surface area contributed by atoms with Gasteiger partial charge in [-0.1, -0.05) is 0 Å². The molecule has 126 valence electrons. The number of carbonyl (C=O) groups is 1. The number of nitrogens with two attached hydrogens (primary N) is 1. The molecule has 6 nitrogen and oxygen atoms in total. The number of carbonyl (C=O) groups excluding carboxylic acids is 1. The Morgan fingerprint density at radius 2 is 1.76 bits per heavy atom. The zero-order valence-corrected chi connectivity index (χ0v) is 14.2. The van der Waals surface area contributed by atoms with Gasteiger partial charge in [-0.25, -0.2) is 0 Å². The molecule has 0 aliphatic carbocycles. The molecule has 1 amide bonds. The summed E-state index contributed by atoms with van der Waals surface area (Å²) >= 11 is 0. The summed E-state index contributed by atoms with van der Waals surface area (Å²) in [4.78, 5) is 16.7. The smallest absolute Gasteiger partial charge is 0.242 e. The second-order valence-corrected chi connectivity index (χ2v) is 5.40. The van der Waals surface area contributed by atoms with E-state index in [0.717, 1.165) is 39.3 Å². The Kier molecular flexibility index (Phi) is 9.76. The molecule has 2 N–H and O–H groups in total. The molecule has 0 radical (unpaired) electrons. The van der Waals surface area contributed by atoms with Crippen LogP contribution in [0.25, 0.3) is 0 Å². The van der Waals surface area contributed by atoms with Crippen LogP contribution in [0.3, 0.4) is 0 Å². The zero-order valence-electron chi connectivity index (χ0n) is 12.6. The normalized spacial score (nSPS) is 22.1. The Morgan fingerprint density at radius 3 is 2.29 bits per heavy atom. The van der Waals surface area contributed by atoms with E-state index in [-0.39, 0.29) is 30.7 Å². The molecule has 0 saturated carbocycles. The molecule has 0 spiro atoms. The third kappa shape index (κ3) is 5.54. The summed E-state index contributed by atoms with van der Waals surface area (Å²) in [6.07, 6.45) is 1.27. The number of amides is 1. The van der Waals surface area contributed by atoms with Gasteiger partial charge in [-0.2, -0.15) is 0 Å². The topological polar surface area (TPSA) is 68.0 Å². The van der Waals surface area contributed by atoms with E-state index in [1.165, 1.54) is 0 Å². The van der Waals surface area contributed by atoms with Crippen molar-refractivity contribution in [2.24, 2.45) is 5.73 Å². The molecule has 8 heteroatoms. The lowest BCUT2D eigenvalue weighted by Crippen LogP contribution is -2.61. The fourth-order valence-corrected chi connectivity index (χ4v) is 2.66. The van der Waals surface area contributed by atoms with E-state index in [9.17, 15) is 4.79 Å². The Hall–Kier alpha value is -0.110. The van der Waals surface area contributed by atoms with Gasteiger partial charge in [0.1, 0.15) is 0 Å². The van der Waals surface area contributed by atoms with Gasteiger partial charge in [0, 0.05) is 53.0 Å². The van der Waals surface area contributed by atoms with Crippen LogP contribution in [0, 0.1) is 0 Å². The Morgan fingerprint density at radius 1 is 1.19 bits per heavy atom. The third-order valence-electron chi connectivity index (χ3n) is 4.08. The standard InChI is InChI=1S/C13H25N3O3.2ClH/c1-18-11-8-15-4-6-16(7-5-15)12(17)13(14)2-9-19-10-3-13;;/h2-11,14H2,1H3;2*1H. The molecular formula is C13H27Cl2N3O3. The number of hydrogen-bond acceptors (Lipinski definition) is 5. The molecule has 0 aromatic rings. The highest BCUT2D eigenvalue weighted by atomic mass is 35.5. The average molecular weight is 344 g/mol. The summed E-state index contributed by atoms with van der Waals surface area (Å²) in [5.74, 6) is 0.0993. The molecule has 2 saturated heterocycles. The predicted octanol–water partition coefficient (Wildman–Crippen LogP) is 0.129. The monoisotopic (exact) mass is 343 g/mol. The van der Waals surface area contributed by atoms with Crippen LogP contribution in [-0.4, -0.2) is 80.9 Å². The first-order valence-corrected chi connectivity index (χ1v) is 7.03. The predicted molar refractivity (Wildman–Crippen MR) is 86.4 cm³/mol. The van der Waals surface area contributed by atoms with Crippen molar-refractivity contribution in [1.82, 2.24) is 9.80 Å². The van der Waals surface area contributed by atoms with E-state index >= 15 is 0 Å². The van der Waals surface area contributed by atoms with E-state index in [1.807, 2.05) is 4.90 Å². The van der Waals surface area contributed by atoms with Gasteiger partial charge in [0.25, 0.3) is 0 Å². The van der Waals surface area contributed by atoms with Gasteiger partial charge in [-0.3, -0.25) is 9.69 Å². The van der Waals surface area contributed by atoms with E-state index in [0.29, 0.717) is 26.1 Å². The molecule has 2 fully saturated rings. The first-order valence-electron chi connectivity index (χ1n) is 7.03. The third-order valence-corrected chi connectivity index (χ3v) is 4.08. The fraction of sp³-hybridized carbons (Fsp3) is 0.923. The number of ether oxygens (including phenoxy) is 2. The van der Waals surface area contributed by atoms with Crippen molar-refractivity contribution in [1.29, 1.82) is 0 Å². The minimum atomic E-state index is -0.701. The largest absolute Gasteiger partial charge is 0.383 e. The highest BCUT2D eigenvalue weighted by molar-refractivity contribution is 5.86. The summed E-state index contributed by atoms with van der Waals surface area (Å²) in [7, 11) is 1.71. The van der Waals surface area contributed by atoms with Crippen LogP contribution < -0.4 is 5.73 Å². The highest BCUT2D eigenvalue weighted by Crippen LogP contribution is 2.21. The van der Waals surface area contributed by atoms with E-state index in [4.69, 9.17) is 15.2 Å². The summed E-state index contributed by atoms with van der Waals surface area (Å²) < 4.78 is 10.4. The molecule has 2 rings (SSSR count). The zero-order chi connectivity index (χ0) is 13.7. The first kappa shape index (κ1) is 20.9. The number of nitrogens with zero attached hydrogens (tertiary/aromatic N) is 2. The minimum absolute atomic E-state index is 0. The van der Waals surface area contributed by atoms with Crippen LogP contribution in [0.4, 0.5) is 0 Å². The van der Waals surface area contributed by atoms with Crippen molar-refractivity contribution < 1.29 is 14.3 Å². The second-order valence-electron chi connectivity index (χ2n) is 5.40. The maximum Gasteiger partial charge on any atom is 0.242 e. The van der Waals surface area contributed by atoms with Crippen molar-refractivity contribution in [2.75, 3.05) is 59.7 Å². The van der Waals surface area contributed by atoms with E-state index in [1.54, 1.807) is 7.11 Å². The maximum absolute atomic E-state index is 12.5. The molecule has 0 aromatic carbocycles. The molecular weight excluding hydrogens is 317 g/mol. The van der Waals surface area contributed by atoms with Crippen molar-refractivity contribution in [3.8, 4) is 0 Å². The lowest BCUT2D eigenvalue weighted by Gasteiger charge is -2.40. The highest BCUT2D eigenvalue weighted by Gasteiger charge is 2.39. The number of methoxy groups -OCH3 is 1. The molecule has 0 unspecified atom stereocenters. The first-order chi connectivity index (χ1) is 9.15. The number of halogens is 2. The fourth-order valence-electron chi connectivity index (χ4n) is 2.66. The van der Waals surface area contributed by atoms with Crippen LogP contribution >= 0.6 is 24.8 Å². The van der Waals surface area contributed by atoms with Crippen LogP contribution in [-0.2, 0) is 14.3 Å². The van der Waals surface area contributed by atoms with Crippen molar-refractivity contribution in [3.05, 3.63) is 0 Å². The van der Waals surface area contributed by atoms with Gasteiger partial charge in [0.15, 0.2) is 0 Å². The molecule has 0 atom stereocenters. The molecule has 2 aliphatic heterocycles. The van der Waals surface area contributed by atoms with Gasteiger partial charge >= 0.3 is 0 Å². The summed E-state index contributed by atoms with van der Waals surface area (Å²) in [5, 5.41) is 0. The van der Waals surface area contributed by atoms with E-state index < -0.39 is 5.54 Å². The molecule has 2 aliphatic rings. The van der Waals surface area contributed by atoms with Crippen molar-refractivity contribution in [3.63, 3.8) is 0 Å². The molecule has 0 bridgehead atoms. The van der Waals surface area contributed by atoms with Crippen molar-refractivity contribution in [2.45, 2.75) is 18.4 Å². The van der Waals surface area contributed by atoms with Gasteiger partial charge in [0.2, 0.25) is 5.91 Å². The van der Waals surface area contributed by atoms with E-state index in [2.05, 4.69) is 4.90 Å². The average Bonchev–Trinajstić information content (AvgIpc) is 2.46. The van der Waals surface area contributed by atoms with Crippen molar-refractivity contribution >= 4 is 30.7 Å². The lowest BCUT2D eigenvalue weighted by atomic mass is 9.89. The van der Waals surface area contributed by atoms with Gasteiger partial charge in [-0.15, -0.1) is 24.8 Å². The Bertz CT molecular complexity index is 307. The van der Waals surface area contributed by atoms with Crippen LogP contribution in [0.15, 0.2) is 0 Å². The Balaban J connectivity index is 0.00000200. The minimum Gasteiger partial charge on any atom is -0.383 e. The quantitative estimate of drug-likeness (QED) is 0.785. The number of hydrogen-bond donors (Lipinski definition) is 1. The Labute approximate surface area is 139 Å². The SMILES string of the molecule is COCCN1CCN(C(=O)C2(N)CCOCC2)CC1.Cl.Cl. The summed E-state index contributed by atoms with van der Waals surface area (Å²) in [5.41, 5.74) is 5.54. The summed E-state index contributed by atoms with van der Waals surface area (Å²) in [6, 6.07) is 0. The molecule has 0 aromatic heterocycles. The van der Waals surface area contributed by atoms with Crippen LogP contribution in [0.1, 0.15) is 12.8 Å². The number of rotatable bonds is 4. The maximum atomic E-state index is 12.5. The second kappa shape index (κ2) is 9.82. The molecule has 21 heavy (non-hydrogen) atoms. The molecule has 2 heterocycles. The number of piperazine rings is 1. The summed E-state index contributed by atoms with van der Waals surface area (Å²) in [6.45, 7) is 6.20. The lowest BCUT2D eigenvalue weighted by molar-refractivity contribution is -0.142. The van der Waals surface area contributed by atoms with Gasteiger partial charge in [0.05, 0.1) is 12.1 Å². The van der Waals surface area contributed by atoms with Gasteiger partial charge < -0.3 is 20.1 Å². The van der Waals surface area contributed by atoms with Gasteiger partial charge in [-0.05, 0) is 12.8 Å². The van der Waals surface area contributed by atoms with Crippen LogP contribution in [0.5, 0.6) is 0 Å².